The molecule has 7 nitrogen and oxygen atoms in total. The summed E-state index contributed by atoms with van der Waals surface area (Å²) in [6.45, 7) is 2.82. The van der Waals surface area contributed by atoms with Crippen LogP contribution in [-0.4, -0.2) is 42.7 Å². The van der Waals surface area contributed by atoms with E-state index in [2.05, 4.69) is 28.9 Å². The number of amides is 2. The number of carbonyl (C=O) groups is 1. The summed E-state index contributed by atoms with van der Waals surface area (Å²) in [5.41, 5.74) is 3.04. The number of nitrogens with zero attached hydrogens (tertiary/aromatic N) is 3. The Labute approximate surface area is 196 Å². The average molecular weight is 447 g/mol. The Morgan fingerprint density at radius 3 is 2.42 bits per heavy atom. The first-order chi connectivity index (χ1) is 16.0. The molecule has 0 saturated heterocycles. The third kappa shape index (κ3) is 5.92. The lowest BCUT2D eigenvalue weighted by molar-refractivity contribution is 0.246. The Morgan fingerprint density at radius 1 is 1.00 bits per heavy atom. The first-order valence-electron chi connectivity index (χ1n) is 11.9. The highest BCUT2D eigenvalue weighted by molar-refractivity contribution is 5.90. The first-order valence-corrected chi connectivity index (χ1v) is 11.9. The molecule has 2 aromatic carbocycles. The topological polar surface area (TPSA) is 82.2 Å². The van der Waals surface area contributed by atoms with Crippen molar-refractivity contribution in [1.29, 1.82) is 0 Å². The summed E-state index contributed by atoms with van der Waals surface area (Å²) in [6, 6.07) is 16.3. The molecule has 0 radical (unpaired) electrons. The minimum atomic E-state index is -0.139. The molecule has 1 aliphatic rings. The van der Waals surface area contributed by atoms with E-state index in [1.807, 2.05) is 61.5 Å². The van der Waals surface area contributed by atoms with E-state index in [4.69, 9.17) is 9.97 Å². The highest BCUT2D eigenvalue weighted by atomic mass is 16.2. The van der Waals surface area contributed by atoms with Crippen molar-refractivity contribution in [2.75, 3.05) is 36.2 Å². The number of nitrogens with one attached hydrogen (secondary N) is 3. The van der Waals surface area contributed by atoms with Crippen LogP contribution in [0, 0.1) is 5.92 Å². The molecule has 0 atom stereocenters. The summed E-state index contributed by atoms with van der Waals surface area (Å²) in [5.74, 6) is 2.11. The molecule has 0 bridgehead atoms. The standard InChI is InChI=1S/C26H34N6O/c1-4-18-9-13-21(14-10-18)29-26(33)27-17-19-11-15-20(16-12-19)28-25-30-23-8-6-5-7-22(23)24(31-25)32(2)3/h5-10,13-14,19-20H,4,11-12,15-17H2,1-3H3,(H2,27,29,33)(H,28,30,31)/t19-,20+. The van der Waals surface area contributed by atoms with E-state index in [1.54, 1.807) is 0 Å². The van der Waals surface area contributed by atoms with Crippen molar-refractivity contribution in [2.24, 2.45) is 5.92 Å². The molecule has 1 fully saturated rings. The minimum Gasteiger partial charge on any atom is -0.362 e. The molecule has 3 N–H and O–H groups in total. The number of anilines is 3. The zero-order chi connectivity index (χ0) is 23.2. The summed E-state index contributed by atoms with van der Waals surface area (Å²) in [5, 5.41) is 10.6. The lowest BCUT2D eigenvalue weighted by Crippen LogP contribution is -2.36. The van der Waals surface area contributed by atoms with E-state index in [1.165, 1.54) is 5.56 Å². The van der Waals surface area contributed by atoms with Gasteiger partial charge in [-0.05, 0) is 67.9 Å². The second-order valence-electron chi connectivity index (χ2n) is 9.03. The van der Waals surface area contributed by atoms with Gasteiger partial charge in [0.1, 0.15) is 5.82 Å². The van der Waals surface area contributed by atoms with Crippen molar-refractivity contribution in [3.8, 4) is 0 Å². The SMILES string of the molecule is CCc1ccc(NC(=O)NC[C@H]2CC[C@@H](Nc3nc(N(C)C)c4ccccc4n3)CC2)cc1. The van der Waals surface area contributed by atoms with Crippen LogP contribution >= 0.6 is 0 Å². The number of hydrogen-bond donors (Lipinski definition) is 3. The van der Waals surface area contributed by atoms with Gasteiger partial charge in [0.15, 0.2) is 0 Å². The largest absolute Gasteiger partial charge is 0.362 e. The van der Waals surface area contributed by atoms with Crippen molar-refractivity contribution in [2.45, 2.75) is 45.1 Å². The highest BCUT2D eigenvalue weighted by Gasteiger charge is 2.22. The fourth-order valence-electron chi connectivity index (χ4n) is 4.39. The van der Waals surface area contributed by atoms with Crippen LogP contribution in [0.3, 0.4) is 0 Å². The van der Waals surface area contributed by atoms with Crippen LogP contribution < -0.4 is 20.9 Å². The van der Waals surface area contributed by atoms with E-state index >= 15 is 0 Å². The normalized spacial score (nSPS) is 18.0. The Kier molecular flexibility index (Phi) is 7.27. The predicted molar refractivity (Wildman–Crippen MR) is 136 cm³/mol. The summed E-state index contributed by atoms with van der Waals surface area (Å²) in [4.78, 5) is 23.8. The molecule has 0 unspecified atom stereocenters. The van der Waals surface area contributed by atoms with Crippen molar-refractivity contribution >= 4 is 34.4 Å². The maximum Gasteiger partial charge on any atom is 0.319 e. The molecule has 4 rings (SSSR count). The van der Waals surface area contributed by atoms with E-state index < -0.39 is 0 Å². The smallest absolute Gasteiger partial charge is 0.319 e. The number of hydrogen-bond acceptors (Lipinski definition) is 5. The molecule has 33 heavy (non-hydrogen) atoms. The van der Waals surface area contributed by atoms with Gasteiger partial charge in [0.25, 0.3) is 0 Å². The van der Waals surface area contributed by atoms with E-state index in [9.17, 15) is 4.79 Å². The van der Waals surface area contributed by atoms with Gasteiger partial charge in [-0.15, -0.1) is 0 Å². The van der Waals surface area contributed by atoms with E-state index in [0.717, 1.165) is 54.5 Å². The van der Waals surface area contributed by atoms with Gasteiger partial charge in [0.05, 0.1) is 5.52 Å². The van der Waals surface area contributed by atoms with E-state index in [-0.39, 0.29) is 6.03 Å². The van der Waals surface area contributed by atoms with Gasteiger partial charge in [0, 0.05) is 37.8 Å². The fraction of sp³-hybridized carbons (Fsp3) is 0.423. The number of benzene rings is 2. The van der Waals surface area contributed by atoms with Crippen molar-refractivity contribution in [3.63, 3.8) is 0 Å². The lowest BCUT2D eigenvalue weighted by atomic mass is 9.86. The van der Waals surface area contributed by atoms with Gasteiger partial charge in [0.2, 0.25) is 5.95 Å². The highest BCUT2D eigenvalue weighted by Crippen LogP contribution is 2.28. The molecule has 1 aliphatic carbocycles. The lowest BCUT2D eigenvalue weighted by Gasteiger charge is -2.29. The van der Waals surface area contributed by atoms with Gasteiger partial charge in [-0.25, -0.2) is 9.78 Å². The maximum absolute atomic E-state index is 12.3. The number of para-hydroxylation sites is 1. The third-order valence-electron chi connectivity index (χ3n) is 6.36. The molecule has 174 valence electrons. The third-order valence-corrected chi connectivity index (χ3v) is 6.36. The summed E-state index contributed by atoms with van der Waals surface area (Å²) in [7, 11) is 4.01. The van der Waals surface area contributed by atoms with Crippen LogP contribution in [0.5, 0.6) is 0 Å². The van der Waals surface area contributed by atoms with Gasteiger partial charge < -0.3 is 20.9 Å². The molecular formula is C26H34N6O. The van der Waals surface area contributed by atoms with E-state index in [0.29, 0.717) is 24.5 Å². The molecule has 1 aromatic heterocycles. The summed E-state index contributed by atoms with van der Waals surface area (Å²) < 4.78 is 0. The Morgan fingerprint density at radius 2 is 1.73 bits per heavy atom. The molecule has 0 aliphatic heterocycles. The Hall–Kier alpha value is -3.35. The molecule has 1 saturated carbocycles. The number of aryl methyl sites for hydroxylation is 1. The number of urea groups is 1. The van der Waals surface area contributed by atoms with Crippen LogP contribution in [0.1, 0.15) is 38.2 Å². The van der Waals surface area contributed by atoms with Crippen LogP contribution in [0.2, 0.25) is 0 Å². The van der Waals surface area contributed by atoms with Crippen molar-refractivity contribution in [1.82, 2.24) is 15.3 Å². The van der Waals surface area contributed by atoms with Crippen molar-refractivity contribution in [3.05, 3.63) is 54.1 Å². The zero-order valence-electron chi connectivity index (χ0n) is 19.8. The average Bonchev–Trinajstić information content (AvgIpc) is 2.83. The quantitative estimate of drug-likeness (QED) is 0.473. The van der Waals surface area contributed by atoms with Crippen LogP contribution in [0.25, 0.3) is 10.9 Å². The summed E-state index contributed by atoms with van der Waals surface area (Å²) in [6.07, 6.45) is 5.21. The number of fused-ring (bicyclic) bond motifs is 1. The fourth-order valence-corrected chi connectivity index (χ4v) is 4.39. The molecule has 7 heteroatoms. The van der Waals surface area contributed by atoms with Crippen LogP contribution in [0.4, 0.5) is 22.2 Å². The first kappa shape index (κ1) is 22.8. The monoisotopic (exact) mass is 446 g/mol. The van der Waals surface area contributed by atoms with Gasteiger partial charge in [-0.2, -0.15) is 4.98 Å². The maximum atomic E-state index is 12.3. The number of rotatable bonds is 7. The van der Waals surface area contributed by atoms with Gasteiger partial charge in [-0.1, -0.05) is 31.2 Å². The number of aromatic nitrogens is 2. The second-order valence-corrected chi connectivity index (χ2v) is 9.03. The predicted octanol–water partition coefficient (Wildman–Crippen LogP) is 5.05. The molecule has 3 aromatic rings. The van der Waals surface area contributed by atoms with Crippen molar-refractivity contribution < 1.29 is 4.79 Å². The molecule has 0 spiro atoms. The zero-order valence-corrected chi connectivity index (χ0v) is 19.8. The summed E-state index contributed by atoms with van der Waals surface area (Å²) >= 11 is 0. The van der Waals surface area contributed by atoms with Gasteiger partial charge in [-0.3, -0.25) is 0 Å². The van der Waals surface area contributed by atoms with Gasteiger partial charge >= 0.3 is 6.03 Å². The molecular weight excluding hydrogens is 412 g/mol. The Balaban J connectivity index is 1.25. The minimum absolute atomic E-state index is 0.139. The number of carbonyl (C=O) groups excluding carboxylic acids is 1. The van der Waals surface area contributed by atoms with Crippen LogP contribution in [-0.2, 0) is 6.42 Å². The second kappa shape index (κ2) is 10.5. The molecule has 1 heterocycles. The molecule has 2 amide bonds. The Bertz CT molecular complexity index is 1070. The van der Waals surface area contributed by atoms with Crippen LogP contribution in [0.15, 0.2) is 48.5 Å².